The fraction of sp³-hybridized carbons (Fsp3) is 0.945. The van der Waals surface area contributed by atoms with Crippen LogP contribution in [0, 0.1) is 5.92 Å². The Kier molecular flexibility index (Phi) is 64.9. The maximum atomic E-state index is 13.1. The number of hydrogen-bond acceptors (Lipinski definition) is 15. The van der Waals surface area contributed by atoms with Crippen molar-refractivity contribution >= 4 is 39.5 Å². The summed E-state index contributed by atoms with van der Waals surface area (Å²) in [6, 6.07) is 0. The Morgan fingerprint density at radius 1 is 0.293 bits per heavy atom. The van der Waals surface area contributed by atoms with Crippen molar-refractivity contribution in [3.05, 3.63) is 0 Å². The van der Waals surface area contributed by atoms with Crippen LogP contribution in [0.2, 0.25) is 0 Å². The highest BCUT2D eigenvalue weighted by Crippen LogP contribution is 2.45. The van der Waals surface area contributed by atoms with Crippen LogP contribution in [0.3, 0.4) is 0 Å². The molecule has 0 spiro atoms. The maximum Gasteiger partial charge on any atom is 0.472 e. The molecule has 0 aliphatic carbocycles. The van der Waals surface area contributed by atoms with Crippen molar-refractivity contribution < 1.29 is 80.2 Å². The standard InChI is InChI=1S/C73H142O17P2/c1-6-9-12-15-18-21-23-25-27-28-29-31-33-35-37-43-48-53-58-72(77)89-69(63-84-71(76)57-52-47-42-36-34-32-30-26-24-22-19-16-13-10-7-2)65-88-92(81,82)86-61-67(74)60-85-91(79,80)87-64-68(62-83-70(75)56-51-46-41-20-17-14-11-8-3)90-73(78)59-54-49-44-39-38-40-45-50-55-66(4)5/h66-69,74H,6-65H2,1-5H3,(H,79,80)(H,81,82)/t67-,68+,69+/m0/s1. The van der Waals surface area contributed by atoms with Crippen LogP contribution in [-0.2, 0) is 65.4 Å². The quantitative estimate of drug-likeness (QED) is 0.0222. The number of ether oxygens (including phenoxy) is 4. The molecule has 19 heteroatoms. The van der Waals surface area contributed by atoms with Crippen LogP contribution >= 0.6 is 15.6 Å². The first kappa shape index (κ1) is 90.1. The first-order valence-corrected chi connectivity index (χ1v) is 41.1. The van der Waals surface area contributed by atoms with Crippen LogP contribution in [-0.4, -0.2) is 96.7 Å². The van der Waals surface area contributed by atoms with E-state index in [9.17, 15) is 43.2 Å². The third kappa shape index (κ3) is 66.7. The van der Waals surface area contributed by atoms with E-state index >= 15 is 0 Å². The van der Waals surface area contributed by atoms with E-state index in [1.165, 1.54) is 199 Å². The van der Waals surface area contributed by atoms with Gasteiger partial charge in [-0.1, -0.05) is 330 Å². The second kappa shape index (κ2) is 66.3. The first-order valence-electron chi connectivity index (χ1n) is 38.1. The van der Waals surface area contributed by atoms with Gasteiger partial charge in [0.05, 0.1) is 26.4 Å². The predicted octanol–water partition coefficient (Wildman–Crippen LogP) is 21.3. The summed E-state index contributed by atoms with van der Waals surface area (Å²) in [7, 11) is -9.90. The Hall–Kier alpha value is -1.94. The second-order valence-corrected chi connectivity index (χ2v) is 29.7. The molecular formula is C73H142O17P2. The van der Waals surface area contributed by atoms with E-state index < -0.39 is 97.5 Å². The molecule has 92 heavy (non-hydrogen) atoms. The molecule has 0 aromatic heterocycles. The monoisotopic (exact) mass is 1350 g/mol. The molecule has 5 atom stereocenters. The summed E-state index contributed by atoms with van der Waals surface area (Å²) in [5, 5.41) is 10.6. The number of aliphatic hydroxyl groups is 1. The van der Waals surface area contributed by atoms with Crippen LogP contribution in [0.15, 0.2) is 0 Å². The number of unbranched alkanes of at least 4 members (excludes halogenated alkanes) is 45. The summed E-state index contributed by atoms with van der Waals surface area (Å²) >= 11 is 0. The minimum absolute atomic E-state index is 0.105. The number of rotatable bonds is 73. The normalized spacial score (nSPS) is 14.0. The van der Waals surface area contributed by atoms with Crippen LogP contribution < -0.4 is 0 Å². The van der Waals surface area contributed by atoms with E-state index in [4.69, 9.17) is 37.0 Å². The number of phosphoric ester groups is 2. The summed E-state index contributed by atoms with van der Waals surface area (Å²) in [5.41, 5.74) is 0. The molecule has 0 amide bonds. The molecule has 0 aliphatic rings. The molecule has 0 aliphatic heterocycles. The molecule has 3 N–H and O–H groups in total. The maximum absolute atomic E-state index is 13.1. The Balaban J connectivity index is 5.20. The lowest BCUT2D eigenvalue weighted by Gasteiger charge is -2.21. The van der Waals surface area contributed by atoms with E-state index in [2.05, 4.69) is 34.6 Å². The van der Waals surface area contributed by atoms with E-state index in [1.54, 1.807) is 0 Å². The zero-order chi connectivity index (χ0) is 67.7. The minimum atomic E-state index is -4.95. The molecule has 17 nitrogen and oxygen atoms in total. The van der Waals surface area contributed by atoms with Crippen molar-refractivity contribution in [2.75, 3.05) is 39.6 Å². The molecule has 0 saturated carbocycles. The molecule has 2 unspecified atom stereocenters. The van der Waals surface area contributed by atoms with E-state index in [0.29, 0.717) is 25.7 Å². The summed E-state index contributed by atoms with van der Waals surface area (Å²) in [5.74, 6) is -1.40. The second-order valence-electron chi connectivity index (χ2n) is 26.8. The minimum Gasteiger partial charge on any atom is -0.462 e. The molecule has 0 saturated heterocycles. The number of aliphatic hydroxyl groups excluding tert-OH is 1. The highest BCUT2D eigenvalue weighted by atomic mass is 31.2. The van der Waals surface area contributed by atoms with Gasteiger partial charge in [0.1, 0.15) is 19.3 Å². The molecule has 0 aromatic rings. The fourth-order valence-corrected chi connectivity index (χ4v) is 12.8. The predicted molar refractivity (Wildman–Crippen MR) is 372 cm³/mol. The van der Waals surface area contributed by atoms with Crippen LogP contribution in [0.4, 0.5) is 0 Å². The van der Waals surface area contributed by atoms with Gasteiger partial charge in [-0.2, -0.15) is 0 Å². The summed E-state index contributed by atoms with van der Waals surface area (Å²) < 4.78 is 68.3. The van der Waals surface area contributed by atoms with Gasteiger partial charge in [0.25, 0.3) is 0 Å². The molecular weight excluding hydrogens is 1210 g/mol. The van der Waals surface area contributed by atoms with Gasteiger partial charge < -0.3 is 33.8 Å². The van der Waals surface area contributed by atoms with Gasteiger partial charge in [0, 0.05) is 25.7 Å². The number of carbonyl (C=O) groups is 4. The average molecular weight is 1350 g/mol. The lowest BCUT2D eigenvalue weighted by molar-refractivity contribution is -0.161. The summed E-state index contributed by atoms with van der Waals surface area (Å²) in [6.45, 7) is 7.21. The molecule has 0 heterocycles. The van der Waals surface area contributed by atoms with Gasteiger partial charge in [0.2, 0.25) is 0 Å². The lowest BCUT2D eigenvalue weighted by Crippen LogP contribution is -2.30. The Morgan fingerprint density at radius 2 is 0.500 bits per heavy atom. The first-order chi connectivity index (χ1) is 44.5. The van der Waals surface area contributed by atoms with E-state index in [0.717, 1.165) is 102 Å². The molecule has 0 radical (unpaired) electrons. The van der Waals surface area contributed by atoms with Gasteiger partial charge in [-0.25, -0.2) is 9.13 Å². The van der Waals surface area contributed by atoms with Gasteiger partial charge in [-0.15, -0.1) is 0 Å². The topological polar surface area (TPSA) is 237 Å². The zero-order valence-corrected chi connectivity index (χ0v) is 61.5. The molecule has 546 valence electrons. The van der Waals surface area contributed by atoms with Crippen LogP contribution in [0.25, 0.3) is 0 Å². The average Bonchev–Trinajstić information content (AvgIpc) is 1.69. The van der Waals surface area contributed by atoms with Crippen molar-refractivity contribution in [3.8, 4) is 0 Å². The highest BCUT2D eigenvalue weighted by Gasteiger charge is 2.30. The summed E-state index contributed by atoms with van der Waals surface area (Å²) in [4.78, 5) is 72.6. The fourth-order valence-electron chi connectivity index (χ4n) is 11.2. The zero-order valence-electron chi connectivity index (χ0n) is 59.7. The number of hydrogen-bond donors (Lipinski definition) is 3. The SMILES string of the molecule is CCCCCCCCCCCCCCCCCCCCC(=O)O[C@H](COC(=O)CCCCCCCCCCCCCCCCC)COP(=O)(O)OC[C@@H](O)COP(=O)(O)OC[C@@H](COC(=O)CCCCCCCCCC)OC(=O)CCCCCCCCCCC(C)C. The molecule has 0 rings (SSSR count). The third-order valence-corrected chi connectivity index (χ3v) is 18.9. The smallest absolute Gasteiger partial charge is 0.462 e. The van der Waals surface area contributed by atoms with Gasteiger partial charge in [-0.3, -0.25) is 37.3 Å². The Labute approximate surface area is 562 Å². The lowest BCUT2D eigenvalue weighted by atomic mass is 10.0. The van der Waals surface area contributed by atoms with E-state index in [1.807, 2.05) is 0 Å². The van der Waals surface area contributed by atoms with Gasteiger partial charge >= 0.3 is 39.5 Å². The summed E-state index contributed by atoms with van der Waals surface area (Å²) in [6.07, 6.45) is 54.2. The van der Waals surface area contributed by atoms with Crippen LogP contribution in [0.5, 0.6) is 0 Å². The van der Waals surface area contributed by atoms with Crippen molar-refractivity contribution in [2.45, 2.75) is 400 Å². The molecule has 0 bridgehead atoms. The van der Waals surface area contributed by atoms with Crippen molar-refractivity contribution in [1.29, 1.82) is 0 Å². The van der Waals surface area contributed by atoms with Crippen molar-refractivity contribution in [1.82, 2.24) is 0 Å². The van der Waals surface area contributed by atoms with Crippen LogP contribution in [0.1, 0.15) is 381 Å². The molecule has 0 fully saturated rings. The third-order valence-electron chi connectivity index (χ3n) is 17.0. The van der Waals surface area contributed by atoms with Gasteiger partial charge in [0.15, 0.2) is 12.2 Å². The van der Waals surface area contributed by atoms with Crippen molar-refractivity contribution in [2.24, 2.45) is 5.92 Å². The highest BCUT2D eigenvalue weighted by molar-refractivity contribution is 7.47. The number of phosphoric acid groups is 2. The number of carbonyl (C=O) groups excluding carboxylic acids is 4. The Bertz CT molecular complexity index is 1770. The van der Waals surface area contributed by atoms with Crippen molar-refractivity contribution in [3.63, 3.8) is 0 Å². The largest absolute Gasteiger partial charge is 0.472 e. The molecule has 0 aromatic carbocycles. The number of esters is 4. The Morgan fingerprint density at radius 3 is 0.739 bits per heavy atom. The van der Waals surface area contributed by atoms with E-state index in [-0.39, 0.29) is 25.7 Å². The van der Waals surface area contributed by atoms with Gasteiger partial charge in [-0.05, 0) is 31.6 Å².